The summed E-state index contributed by atoms with van der Waals surface area (Å²) in [6.07, 6.45) is 5.00. The second-order valence-electron chi connectivity index (χ2n) is 10.8. The summed E-state index contributed by atoms with van der Waals surface area (Å²) in [6, 6.07) is 0. The number of carbonyl (C=O) groups is 2. The Balaban J connectivity index is 1.54. The molecule has 1 aliphatic heterocycles. The van der Waals surface area contributed by atoms with E-state index >= 15 is 0 Å². The summed E-state index contributed by atoms with van der Waals surface area (Å²) in [5.74, 6) is -1.82. The smallest absolute Gasteiger partial charge is 0.331 e. The molecule has 5 rings (SSSR count). The van der Waals surface area contributed by atoms with E-state index in [-0.39, 0.29) is 49.6 Å². The topological polar surface area (TPSA) is 124 Å². The predicted octanol–water partition coefficient (Wildman–Crippen LogP) is 1.78. The Labute approximate surface area is 176 Å². The predicted molar refractivity (Wildman–Crippen MR) is 105 cm³/mol. The van der Waals surface area contributed by atoms with Crippen molar-refractivity contribution in [2.24, 2.45) is 28.6 Å². The molecular weight excluding hydrogens is 388 g/mol. The van der Waals surface area contributed by atoms with Crippen LogP contribution in [0.25, 0.3) is 0 Å². The van der Waals surface area contributed by atoms with Gasteiger partial charge in [0.05, 0.1) is 22.7 Å². The number of esters is 1. The first-order valence-corrected chi connectivity index (χ1v) is 11.3. The zero-order chi connectivity index (χ0) is 21.5. The summed E-state index contributed by atoms with van der Waals surface area (Å²) in [7, 11) is 0. The van der Waals surface area contributed by atoms with Crippen LogP contribution in [-0.4, -0.2) is 56.3 Å². The Hall–Kier alpha value is -1.44. The van der Waals surface area contributed by atoms with Gasteiger partial charge in [-0.05, 0) is 74.7 Å². The molecule has 4 aliphatic carbocycles. The van der Waals surface area contributed by atoms with E-state index in [1.54, 1.807) is 6.08 Å². The number of aliphatic carboxylic acids is 1. The first-order valence-electron chi connectivity index (χ1n) is 11.3. The van der Waals surface area contributed by atoms with Crippen molar-refractivity contribution in [3.63, 3.8) is 0 Å². The number of hydrogen-bond acceptors (Lipinski definition) is 6. The second kappa shape index (κ2) is 6.30. The van der Waals surface area contributed by atoms with Crippen LogP contribution in [0.5, 0.6) is 0 Å². The van der Waals surface area contributed by atoms with Gasteiger partial charge in [0.15, 0.2) is 0 Å². The van der Waals surface area contributed by atoms with Crippen LogP contribution >= 0.6 is 0 Å². The molecule has 1 heterocycles. The fourth-order valence-corrected chi connectivity index (χ4v) is 8.49. The molecule has 8 atom stereocenters. The lowest BCUT2D eigenvalue weighted by Crippen LogP contribution is -2.70. The summed E-state index contributed by atoms with van der Waals surface area (Å²) in [6.45, 7) is 2.36. The van der Waals surface area contributed by atoms with Crippen molar-refractivity contribution in [2.75, 3.05) is 6.61 Å². The van der Waals surface area contributed by atoms with Gasteiger partial charge < -0.3 is 25.2 Å². The lowest BCUT2D eigenvalue weighted by Gasteiger charge is -2.65. The minimum absolute atomic E-state index is 0.0460. The van der Waals surface area contributed by atoms with Crippen molar-refractivity contribution in [1.82, 2.24) is 0 Å². The van der Waals surface area contributed by atoms with Crippen molar-refractivity contribution in [2.45, 2.75) is 82.0 Å². The molecule has 0 aromatic heterocycles. The number of cyclic esters (lactones) is 1. The Kier molecular flexibility index (Phi) is 4.30. The van der Waals surface area contributed by atoms with Gasteiger partial charge in [-0.25, -0.2) is 4.79 Å². The summed E-state index contributed by atoms with van der Waals surface area (Å²) >= 11 is 0. The minimum atomic E-state index is -1.44. The fraction of sp³-hybridized carbons (Fsp3) is 0.826. The van der Waals surface area contributed by atoms with Crippen LogP contribution < -0.4 is 0 Å². The number of ether oxygens (including phenoxy) is 1. The number of carboxylic acids is 1. The molecule has 30 heavy (non-hydrogen) atoms. The number of carboxylic acid groups (broad SMARTS) is 1. The molecule has 7 heteroatoms. The molecule has 5 aliphatic rings. The lowest BCUT2D eigenvalue weighted by atomic mass is 9.41. The number of fused-ring (bicyclic) bond motifs is 5. The van der Waals surface area contributed by atoms with Gasteiger partial charge in [-0.2, -0.15) is 0 Å². The van der Waals surface area contributed by atoms with Crippen LogP contribution in [-0.2, 0) is 14.3 Å². The second-order valence-corrected chi connectivity index (χ2v) is 10.8. The van der Waals surface area contributed by atoms with Crippen molar-refractivity contribution in [3.8, 4) is 0 Å². The van der Waals surface area contributed by atoms with E-state index < -0.39 is 34.1 Å². The average Bonchev–Trinajstić information content (AvgIpc) is 3.21. The first-order chi connectivity index (χ1) is 14.1. The molecule has 0 bridgehead atoms. The molecule has 0 saturated heterocycles. The number of rotatable bonds is 2. The third kappa shape index (κ3) is 2.32. The van der Waals surface area contributed by atoms with Crippen LogP contribution in [0, 0.1) is 28.6 Å². The van der Waals surface area contributed by atoms with Gasteiger partial charge in [-0.3, -0.25) is 4.79 Å². The third-order valence-electron chi connectivity index (χ3n) is 9.94. The molecule has 166 valence electrons. The van der Waals surface area contributed by atoms with Crippen LogP contribution in [0.15, 0.2) is 11.6 Å². The third-order valence-corrected chi connectivity index (χ3v) is 9.94. The number of carbonyl (C=O) groups excluding carboxylic acids is 1. The van der Waals surface area contributed by atoms with Gasteiger partial charge in [-0.1, -0.05) is 6.92 Å². The summed E-state index contributed by atoms with van der Waals surface area (Å²) < 4.78 is 5.14. The Morgan fingerprint density at radius 2 is 1.80 bits per heavy atom. The quantitative estimate of drug-likeness (QED) is 0.502. The SMILES string of the molecule is C[C@]12CC[C@H]3[C@H](CC[C@]4(O)C[C@H](O)CC[C@]34C(=O)O)[C@]1(O)CC[C@H]2C1=CC(=O)OC1. The molecule has 0 radical (unpaired) electrons. The summed E-state index contributed by atoms with van der Waals surface area (Å²) in [5.41, 5.74) is -3.30. The Morgan fingerprint density at radius 1 is 1.07 bits per heavy atom. The molecule has 0 unspecified atom stereocenters. The number of hydrogen-bond donors (Lipinski definition) is 4. The summed E-state index contributed by atoms with van der Waals surface area (Å²) in [4.78, 5) is 24.3. The molecule has 4 N–H and O–H groups in total. The van der Waals surface area contributed by atoms with E-state index in [9.17, 15) is 30.0 Å². The maximum Gasteiger partial charge on any atom is 0.331 e. The zero-order valence-corrected chi connectivity index (χ0v) is 17.5. The van der Waals surface area contributed by atoms with Crippen LogP contribution in [0.4, 0.5) is 0 Å². The van der Waals surface area contributed by atoms with E-state index in [2.05, 4.69) is 6.92 Å². The van der Waals surface area contributed by atoms with Gasteiger partial charge in [0.1, 0.15) is 6.61 Å². The van der Waals surface area contributed by atoms with Gasteiger partial charge in [0.2, 0.25) is 0 Å². The fourth-order valence-electron chi connectivity index (χ4n) is 8.49. The maximum absolute atomic E-state index is 12.7. The van der Waals surface area contributed by atoms with E-state index in [1.807, 2.05) is 0 Å². The maximum atomic E-state index is 12.7. The van der Waals surface area contributed by atoms with E-state index in [0.29, 0.717) is 32.1 Å². The Morgan fingerprint density at radius 3 is 2.47 bits per heavy atom. The zero-order valence-electron chi connectivity index (χ0n) is 17.5. The molecule has 0 aromatic rings. The first kappa shape index (κ1) is 20.5. The molecule has 0 spiro atoms. The van der Waals surface area contributed by atoms with Crippen LogP contribution in [0.3, 0.4) is 0 Å². The molecule has 0 amide bonds. The highest BCUT2D eigenvalue weighted by Crippen LogP contribution is 2.70. The van der Waals surface area contributed by atoms with Crippen LogP contribution in [0.2, 0.25) is 0 Å². The highest BCUT2D eigenvalue weighted by atomic mass is 16.5. The van der Waals surface area contributed by atoms with Gasteiger partial charge in [-0.15, -0.1) is 0 Å². The number of aliphatic hydroxyl groups excluding tert-OH is 1. The van der Waals surface area contributed by atoms with Gasteiger partial charge in [0, 0.05) is 17.9 Å². The van der Waals surface area contributed by atoms with Gasteiger partial charge in [0.25, 0.3) is 0 Å². The van der Waals surface area contributed by atoms with Crippen molar-refractivity contribution < 1.29 is 34.8 Å². The van der Waals surface area contributed by atoms with E-state index in [1.165, 1.54) is 0 Å². The van der Waals surface area contributed by atoms with Crippen molar-refractivity contribution >= 4 is 11.9 Å². The highest BCUT2D eigenvalue weighted by Gasteiger charge is 2.73. The molecule has 4 saturated carbocycles. The monoisotopic (exact) mass is 420 g/mol. The average molecular weight is 421 g/mol. The van der Waals surface area contributed by atoms with E-state index in [0.717, 1.165) is 12.0 Å². The van der Waals surface area contributed by atoms with E-state index in [4.69, 9.17) is 4.74 Å². The largest absolute Gasteiger partial charge is 0.481 e. The molecule has 4 fully saturated rings. The number of aliphatic hydroxyl groups is 3. The standard InChI is InChI=1S/C23H32O7/c1-20-6-3-16-17(23(20,29)9-5-15(20)13-10-18(25)30-12-13)4-7-21(28)11-14(24)2-8-22(16,21)19(26)27/h10,14-17,24,28-29H,2-9,11-12H2,1H3,(H,26,27)/t14-,15+,16+,17+,20-,21+,22-,23-/m1/s1. The highest BCUT2D eigenvalue weighted by molar-refractivity contribution is 5.85. The summed E-state index contributed by atoms with van der Waals surface area (Å²) in [5, 5.41) is 44.1. The van der Waals surface area contributed by atoms with Gasteiger partial charge >= 0.3 is 11.9 Å². The lowest BCUT2D eigenvalue weighted by molar-refractivity contribution is -0.260. The molecular formula is C23H32O7. The van der Waals surface area contributed by atoms with Crippen molar-refractivity contribution in [3.05, 3.63) is 11.6 Å². The van der Waals surface area contributed by atoms with Crippen LogP contribution in [0.1, 0.15) is 64.7 Å². The molecule has 0 aromatic carbocycles. The van der Waals surface area contributed by atoms with Crippen molar-refractivity contribution in [1.29, 1.82) is 0 Å². The molecule has 7 nitrogen and oxygen atoms in total. The minimum Gasteiger partial charge on any atom is -0.481 e. The normalized spacial score (nSPS) is 52.7. The Bertz CT molecular complexity index is 822.